The van der Waals surface area contributed by atoms with Gasteiger partial charge in [-0.2, -0.15) is 0 Å². The fourth-order valence-corrected chi connectivity index (χ4v) is 4.88. The van der Waals surface area contributed by atoms with Crippen LogP contribution < -0.4 is 11.1 Å². The molecular weight excluding hydrogens is 560 g/mol. The van der Waals surface area contributed by atoms with Crippen molar-refractivity contribution in [2.45, 2.75) is 87.6 Å². The lowest BCUT2D eigenvalue weighted by Crippen LogP contribution is -2.19. The van der Waals surface area contributed by atoms with Gasteiger partial charge in [0.25, 0.3) is 0 Å². The minimum Gasteiger partial charge on any atom is -0.462 e. The molecule has 0 radical (unpaired) electrons. The van der Waals surface area contributed by atoms with Crippen LogP contribution in [0.4, 0.5) is 5.82 Å². The molecule has 4 rings (SSSR count). The maximum atomic E-state index is 11.9. The highest BCUT2D eigenvalue weighted by Crippen LogP contribution is 2.25. The monoisotopic (exact) mass is 598 g/mol. The molecule has 39 heavy (non-hydrogen) atoms. The van der Waals surface area contributed by atoms with Gasteiger partial charge in [0, 0.05) is 24.5 Å². The van der Waals surface area contributed by atoms with Crippen molar-refractivity contribution in [3.8, 4) is 0 Å². The van der Waals surface area contributed by atoms with Crippen LogP contribution in [-0.4, -0.2) is 69.7 Å². The van der Waals surface area contributed by atoms with E-state index in [4.69, 9.17) is 26.8 Å². The number of hydrogen-bond donors (Lipinski definition) is 2. The molecule has 216 valence electrons. The van der Waals surface area contributed by atoms with Crippen LogP contribution in [0.15, 0.2) is 22.7 Å². The highest BCUT2D eigenvalue weighted by molar-refractivity contribution is 7.98. The summed E-state index contributed by atoms with van der Waals surface area (Å²) in [5.74, 6) is -0.259. The zero-order valence-corrected chi connectivity index (χ0v) is 25.5. The molecule has 13 heteroatoms. The first-order chi connectivity index (χ1) is 18.8. The second kappa shape index (κ2) is 18.2. The minimum atomic E-state index is -0.495. The lowest BCUT2D eigenvalue weighted by Gasteiger charge is -2.15. The second-order valence-electron chi connectivity index (χ2n) is 8.79. The Morgan fingerprint density at radius 3 is 1.85 bits per heavy atom. The van der Waals surface area contributed by atoms with E-state index < -0.39 is 5.97 Å². The Morgan fingerprint density at radius 2 is 1.38 bits per heavy atom. The number of esters is 2. The van der Waals surface area contributed by atoms with Gasteiger partial charge >= 0.3 is 11.9 Å². The molecule has 2 heterocycles. The van der Waals surface area contributed by atoms with E-state index in [1.165, 1.54) is 68.2 Å². The molecule has 0 spiro atoms. The summed E-state index contributed by atoms with van der Waals surface area (Å²) in [6.07, 6.45) is 16.6. The molecule has 2 aliphatic rings. The topological polar surface area (TPSA) is 142 Å². The van der Waals surface area contributed by atoms with Crippen molar-refractivity contribution in [2.24, 2.45) is 5.73 Å². The molecular formula is C26H39ClN6O4S2. The molecule has 0 amide bonds. The number of nitrogens with one attached hydrogen (secondary N) is 1. The van der Waals surface area contributed by atoms with Gasteiger partial charge in [-0.05, 0) is 52.0 Å². The third-order valence-corrected chi connectivity index (χ3v) is 7.35. The molecule has 0 aromatic carbocycles. The molecule has 2 aromatic rings. The van der Waals surface area contributed by atoms with Crippen LogP contribution in [0.5, 0.6) is 0 Å². The van der Waals surface area contributed by atoms with E-state index in [-0.39, 0.29) is 16.7 Å². The number of thioether (sulfide) groups is 2. The third-order valence-electron chi connectivity index (χ3n) is 5.94. The van der Waals surface area contributed by atoms with Crippen LogP contribution in [0.3, 0.4) is 0 Å². The van der Waals surface area contributed by atoms with Crippen LogP contribution in [0.1, 0.15) is 85.9 Å². The number of aromatic nitrogens is 4. The zero-order chi connectivity index (χ0) is 28.6. The molecule has 0 saturated heterocycles. The second-order valence-corrected chi connectivity index (χ2v) is 10.7. The number of ether oxygens (including phenoxy) is 2. The van der Waals surface area contributed by atoms with Crippen molar-refractivity contribution < 1.29 is 19.1 Å². The maximum absolute atomic E-state index is 11.9. The molecule has 0 aliphatic heterocycles. The summed E-state index contributed by atoms with van der Waals surface area (Å²) < 4.78 is 9.81. The van der Waals surface area contributed by atoms with Crippen LogP contribution in [-0.2, 0) is 9.47 Å². The van der Waals surface area contributed by atoms with Gasteiger partial charge in [0.15, 0.2) is 10.3 Å². The third kappa shape index (κ3) is 11.5. The predicted octanol–water partition coefficient (Wildman–Crippen LogP) is 5.65. The first kappa shape index (κ1) is 33.1. The minimum absolute atomic E-state index is 0.128. The van der Waals surface area contributed by atoms with E-state index in [2.05, 4.69) is 25.3 Å². The SMILES string of the molecule is CCOC(=O)c1cnc(SC)nc1Cl.CCOC(=O)c1cnc(SC)nc1NC1CCCC1.NC1CCCC1. The molecule has 2 saturated carbocycles. The van der Waals surface area contributed by atoms with Gasteiger partial charge in [-0.3, -0.25) is 0 Å². The Morgan fingerprint density at radius 1 is 0.897 bits per heavy atom. The Balaban J connectivity index is 0.000000232. The number of anilines is 1. The number of nitrogens with zero attached hydrogens (tertiary/aromatic N) is 4. The summed E-state index contributed by atoms with van der Waals surface area (Å²) in [7, 11) is 0. The summed E-state index contributed by atoms with van der Waals surface area (Å²) in [6.45, 7) is 4.17. The first-order valence-electron chi connectivity index (χ1n) is 13.2. The lowest BCUT2D eigenvalue weighted by atomic mass is 10.2. The number of halogens is 1. The molecule has 3 N–H and O–H groups in total. The normalized spacial score (nSPS) is 15.0. The van der Waals surface area contributed by atoms with Crippen molar-refractivity contribution in [3.05, 3.63) is 28.7 Å². The molecule has 10 nitrogen and oxygen atoms in total. The van der Waals surface area contributed by atoms with Crippen molar-refractivity contribution in [2.75, 3.05) is 31.0 Å². The van der Waals surface area contributed by atoms with Crippen molar-refractivity contribution in [3.63, 3.8) is 0 Å². The molecule has 0 atom stereocenters. The molecule has 0 unspecified atom stereocenters. The van der Waals surface area contributed by atoms with Crippen LogP contribution in [0, 0.1) is 0 Å². The van der Waals surface area contributed by atoms with Crippen molar-refractivity contribution in [1.82, 2.24) is 19.9 Å². The van der Waals surface area contributed by atoms with Gasteiger partial charge in [-0.15, -0.1) is 0 Å². The fourth-order valence-electron chi connectivity index (χ4n) is 3.94. The summed E-state index contributed by atoms with van der Waals surface area (Å²) in [5, 5.41) is 4.68. The van der Waals surface area contributed by atoms with E-state index in [0.29, 0.717) is 47.0 Å². The highest BCUT2D eigenvalue weighted by atomic mass is 35.5. The highest BCUT2D eigenvalue weighted by Gasteiger charge is 2.21. The summed E-state index contributed by atoms with van der Waals surface area (Å²) in [6, 6.07) is 0.947. The summed E-state index contributed by atoms with van der Waals surface area (Å²) >= 11 is 8.59. The lowest BCUT2D eigenvalue weighted by molar-refractivity contribution is 0.0516. The first-order valence-corrected chi connectivity index (χ1v) is 16.0. The van der Waals surface area contributed by atoms with E-state index >= 15 is 0 Å². The smallest absolute Gasteiger partial charge is 0.343 e. The van der Waals surface area contributed by atoms with Gasteiger partial charge in [-0.1, -0.05) is 60.8 Å². The number of nitrogens with two attached hydrogens (primary N) is 1. The van der Waals surface area contributed by atoms with Crippen LogP contribution in [0.2, 0.25) is 5.15 Å². The summed E-state index contributed by atoms with van der Waals surface area (Å²) in [5.41, 5.74) is 6.16. The number of carbonyl (C=O) groups excluding carboxylic acids is 2. The number of hydrogen-bond acceptors (Lipinski definition) is 12. The van der Waals surface area contributed by atoms with E-state index in [0.717, 1.165) is 12.8 Å². The van der Waals surface area contributed by atoms with Gasteiger partial charge in [-0.25, -0.2) is 29.5 Å². The van der Waals surface area contributed by atoms with Crippen molar-refractivity contribution in [1.29, 1.82) is 0 Å². The largest absolute Gasteiger partial charge is 0.462 e. The van der Waals surface area contributed by atoms with Gasteiger partial charge in [0.05, 0.1) is 13.2 Å². The Bertz CT molecular complexity index is 1050. The van der Waals surface area contributed by atoms with Gasteiger partial charge < -0.3 is 20.5 Å². The van der Waals surface area contributed by atoms with E-state index in [1.54, 1.807) is 20.0 Å². The Kier molecular flexibility index (Phi) is 15.5. The zero-order valence-electron chi connectivity index (χ0n) is 23.1. The van der Waals surface area contributed by atoms with E-state index in [1.807, 2.05) is 12.5 Å². The van der Waals surface area contributed by atoms with Gasteiger partial charge in [0.2, 0.25) is 0 Å². The number of carbonyl (C=O) groups is 2. The average Bonchev–Trinajstić information content (AvgIpc) is 3.63. The predicted molar refractivity (Wildman–Crippen MR) is 157 cm³/mol. The fraction of sp³-hybridized carbons (Fsp3) is 0.615. The summed E-state index contributed by atoms with van der Waals surface area (Å²) in [4.78, 5) is 39.5. The Hall–Kier alpha value is -2.15. The molecule has 2 aromatic heterocycles. The quantitative estimate of drug-likeness (QED) is 0.168. The molecule has 0 bridgehead atoms. The average molecular weight is 599 g/mol. The molecule has 2 aliphatic carbocycles. The van der Waals surface area contributed by atoms with Crippen LogP contribution in [0.25, 0.3) is 0 Å². The van der Waals surface area contributed by atoms with E-state index in [9.17, 15) is 9.59 Å². The Labute approximate surface area is 244 Å². The maximum Gasteiger partial charge on any atom is 0.343 e. The van der Waals surface area contributed by atoms with Crippen molar-refractivity contribution >= 4 is 52.9 Å². The molecule has 2 fully saturated rings. The van der Waals surface area contributed by atoms with Crippen LogP contribution >= 0.6 is 35.1 Å². The number of rotatable bonds is 8. The standard InChI is InChI=1S/C13H19N3O2S.C8H9ClN2O2S.C5H11N/c1-3-18-12(17)10-8-14-13(19-2)16-11(10)15-9-6-4-5-7-9;1-3-13-7(12)5-4-10-8(14-2)11-6(5)9;6-5-3-1-2-4-5/h8-9H,3-7H2,1-2H3,(H,14,15,16);4H,3H2,1-2H3;5H,1-4,6H2. The van der Waals surface area contributed by atoms with Gasteiger partial charge in [0.1, 0.15) is 22.1 Å².